The van der Waals surface area contributed by atoms with Gasteiger partial charge in [0.25, 0.3) is 0 Å². The Morgan fingerprint density at radius 3 is 2.32 bits per heavy atom. The average Bonchev–Trinajstić information content (AvgIpc) is 2.38. The molecule has 0 amide bonds. The SMILES string of the molecule is CCCN(CCC)S(=O)(=NCC)c1cccc(N)c1. The van der Waals surface area contributed by atoms with Gasteiger partial charge in [-0.15, -0.1) is 0 Å². The molecule has 1 aromatic carbocycles. The second-order valence-electron chi connectivity index (χ2n) is 4.44. The Morgan fingerprint density at radius 2 is 1.84 bits per heavy atom. The van der Waals surface area contributed by atoms with Crippen LogP contribution in [0.4, 0.5) is 5.69 Å². The summed E-state index contributed by atoms with van der Waals surface area (Å²) in [6.45, 7) is 8.21. The zero-order chi connectivity index (χ0) is 14.3. The molecule has 108 valence electrons. The lowest BCUT2D eigenvalue weighted by atomic mass is 10.3. The monoisotopic (exact) mass is 283 g/mol. The van der Waals surface area contributed by atoms with Gasteiger partial charge in [0.2, 0.25) is 0 Å². The Bertz CT molecular complexity index is 501. The largest absolute Gasteiger partial charge is 0.399 e. The van der Waals surface area contributed by atoms with Crippen LogP contribution in [0.2, 0.25) is 0 Å². The van der Waals surface area contributed by atoms with E-state index in [1.165, 1.54) is 0 Å². The fraction of sp³-hybridized carbons (Fsp3) is 0.571. The molecule has 0 heterocycles. The average molecular weight is 283 g/mol. The minimum absolute atomic E-state index is 0.539. The second-order valence-corrected chi connectivity index (χ2v) is 6.68. The van der Waals surface area contributed by atoms with Crippen molar-refractivity contribution >= 4 is 15.6 Å². The van der Waals surface area contributed by atoms with Crippen molar-refractivity contribution < 1.29 is 4.21 Å². The van der Waals surface area contributed by atoms with E-state index in [-0.39, 0.29) is 0 Å². The van der Waals surface area contributed by atoms with Gasteiger partial charge in [-0.25, -0.2) is 12.9 Å². The van der Waals surface area contributed by atoms with Crippen LogP contribution in [0.3, 0.4) is 0 Å². The molecule has 2 N–H and O–H groups in total. The van der Waals surface area contributed by atoms with Crippen LogP contribution < -0.4 is 5.73 Å². The highest BCUT2D eigenvalue weighted by Gasteiger charge is 2.21. The van der Waals surface area contributed by atoms with E-state index in [0.29, 0.717) is 12.2 Å². The smallest absolute Gasteiger partial charge is 0.139 e. The highest BCUT2D eigenvalue weighted by Crippen LogP contribution is 2.21. The van der Waals surface area contributed by atoms with Gasteiger partial charge in [-0.2, -0.15) is 0 Å². The Labute approximate surface area is 117 Å². The van der Waals surface area contributed by atoms with Crippen molar-refractivity contribution in [3.05, 3.63) is 24.3 Å². The molecule has 5 heteroatoms. The summed E-state index contributed by atoms with van der Waals surface area (Å²) in [6.07, 6.45) is 1.91. The van der Waals surface area contributed by atoms with E-state index >= 15 is 0 Å². The minimum Gasteiger partial charge on any atom is -0.399 e. The van der Waals surface area contributed by atoms with Crippen molar-refractivity contribution in [2.24, 2.45) is 4.36 Å². The molecule has 0 saturated carbocycles. The van der Waals surface area contributed by atoms with E-state index in [2.05, 4.69) is 18.2 Å². The Balaban J connectivity index is 3.30. The normalized spacial score (nSPS) is 14.3. The number of benzene rings is 1. The van der Waals surface area contributed by atoms with Crippen LogP contribution in [-0.4, -0.2) is 28.1 Å². The van der Waals surface area contributed by atoms with Gasteiger partial charge in [0.1, 0.15) is 9.92 Å². The van der Waals surface area contributed by atoms with Crippen molar-refractivity contribution in [3.8, 4) is 0 Å². The molecule has 1 aromatic rings. The van der Waals surface area contributed by atoms with Gasteiger partial charge >= 0.3 is 0 Å². The fourth-order valence-corrected chi connectivity index (χ4v) is 4.38. The maximum absolute atomic E-state index is 13.3. The van der Waals surface area contributed by atoms with Gasteiger partial charge in [-0.3, -0.25) is 0 Å². The van der Waals surface area contributed by atoms with E-state index in [9.17, 15) is 4.21 Å². The number of hydrogen-bond donors (Lipinski definition) is 1. The molecule has 0 aliphatic carbocycles. The van der Waals surface area contributed by atoms with Crippen molar-refractivity contribution in [3.63, 3.8) is 0 Å². The molecular formula is C14H25N3OS. The third kappa shape index (κ3) is 3.94. The number of anilines is 1. The quantitative estimate of drug-likeness (QED) is 0.781. The molecule has 0 bridgehead atoms. The molecule has 4 nitrogen and oxygen atoms in total. The lowest BCUT2D eigenvalue weighted by Gasteiger charge is -2.25. The topological polar surface area (TPSA) is 58.7 Å². The first-order valence-corrected chi connectivity index (χ1v) is 8.39. The third-order valence-corrected chi connectivity index (χ3v) is 5.31. The van der Waals surface area contributed by atoms with Gasteiger partial charge in [-0.1, -0.05) is 19.9 Å². The summed E-state index contributed by atoms with van der Waals surface area (Å²) in [7, 11) is -2.53. The molecule has 0 aliphatic rings. The zero-order valence-corrected chi connectivity index (χ0v) is 12.9. The zero-order valence-electron chi connectivity index (χ0n) is 12.1. The molecular weight excluding hydrogens is 258 g/mol. The van der Waals surface area contributed by atoms with Crippen LogP contribution in [0.5, 0.6) is 0 Å². The molecule has 0 radical (unpaired) electrons. The van der Waals surface area contributed by atoms with Crippen molar-refractivity contribution in [1.29, 1.82) is 0 Å². The summed E-state index contributed by atoms with van der Waals surface area (Å²) in [6, 6.07) is 7.28. The Morgan fingerprint density at radius 1 is 1.21 bits per heavy atom. The van der Waals surface area contributed by atoms with E-state index < -0.39 is 9.92 Å². The van der Waals surface area contributed by atoms with E-state index in [1.54, 1.807) is 12.1 Å². The molecule has 1 unspecified atom stereocenters. The third-order valence-electron chi connectivity index (χ3n) is 2.77. The Kier molecular flexibility index (Phi) is 6.31. The fourth-order valence-electron chi connectivity index (χ4n) is 2.02. The predicted molar refractivity (Wildman–Crippen MR) is 82.4 cm³/mol. The van der Waals surface area contributed by atoms with Gasteiger partial charge in [0.05, 0.1) is 4.90 Å². The van der Waals surface area contributed by atoms with Crippen LogP contribution in [0.25, 0.3) is 0 Å². The molecule has 19 heavy (non-hydrogen) atoms. The van der Waals surface area contributed by atoms with Crippen LogP contribution >= 0.6 is 0 Å². The number of nitrogens with zero attached hydrogens (tertiary/aromatic N) is 2. The van der Waals surface area contributed by atoms with Crippen LogP contribution in [0, 0.1) is 0 Å². The van der Waals surface area contributed by atoms with E-state index in [1.807, 2.05) is 23.4 Å². The molecule has 0 aromatic heterocycles. The van der Waals surface area contributed by atoms with E-state index in [4.69, 9.17) is 5.73 Å². The summed E-state index contributed by atoms with van der Waals surface area (Å²) in [5.41, 5.74) is 6.44. The lowest BCUT2D eigenvalue weighted by Crippen LogP contribution is -2.32. The molecule has 0 saturated heterocycles. The summed E-state index contributed by atoms with van der Waals surface area (Å²) in [5, 5.41) is 0. The standard InChI is InChI=1S/C14H25N3OS/c1-4-10-17(11-5-2)19(18,16-6-3)14-9-7-8-13(15)12-14/h7-9,12H,4-6,10-11,15H2,1-3H3. The lowest BCUT2D eigenvalue weighted by molar-refractivity contribution is 0.435. The second kappa shape index (κ2) is 7.50. The van der Waals surface area contributed by atoms with Crippen LogP contribution in [0.1, 0.15) is 33.6 Å². The van der Waals surface area contributed by atoms with Gasteiger partial charge < -0.3 is 5.73 Å². The molecule has 0 spiro atoms. The number of nitrogens with two attached hydrogens (primary N) is 1. The summed E-state index contributed by atoms with van der Waals surface area (Å²) >= 11 is 0. The minimum atomic E-state index is -2.53. The highest BCUT2D eigenvalue weighted by atomic mass is 32.2. The predicted octanol–water partition coefficient (Wildman–Crippen LogP) is 3.15. The van der Waals surface area contributed by atoms with Gasteiger partial charge in [-0.05, 0) is 38.0 Å². The summed E-state index contributed by atoms with van der Waals surface area (Å²) in [4.78, 5) is 0.719. The van der Waals surface area contributed by atoms with Crippen molar-refractivity contribution in [2.45, 2.75) is 38.5 Å². The molecule has 1 rings (SSSR count). The van der Waals surface area contributed by atoms with E-state index in [0.717, 1.165) is 30.8 Å². The molecule has 1 atom stereocenters. The number of hydrogen-bond acceptors (Lipinski definition) is 3. The molecule has 0 fully saturated rings. The van der Waals surface area contributed by atoms with Gasteiger partial charge in [0, 0.05) is 25.3 Å². The maximum atomic E-state index is 13.3. The van der Waals surface area contributed by atoms with Crippen molar-refractivity contribution in [1.82, 2.24) is 4.31 Å². The number of nitrogen functional groups attached to an aromatic ring is 1. The first kappa shape index (κ1) is 16.0. The summed E-state index contributed by atoms with van der Waals surface area (Å²) < 4.78 is 19.7. The first-order chi connectivity index (χ1) is 9.08. The van der Waals surface area contributed by atoms with Crippen molar-refractivity contribution in [2.75, 3.05) is 25.4 Å². The summed E-state index contributed by atoms with van der Waals surface area (Å²) in [5.74, 6) is 0. The first-order valence-electron chi connectivity index (χ1n) is 6.92. The number of rotatable bonds is 7. The van der Waals surface area contributed by atoms with Gasteiger partial charge in [0.15, 0.2) is 0 Å². The maximum Gasteiger partial charge on any atom is 0.139 e. The van der Waals surface area contributed by atoms with Crippen LogP contribution in [0.15, 0.2) is 33.5 Å². The van der Waals surface area contributed by atoms with Crippen LogP contribution in [-0.2, 0) is 9.92 Å². The highest BCUT2D eigenvalue weighted by molar-refractivity contribution is 7.91. The Hall–Kier alpha value is -1.07. The molecule has 0 aliphatic heterocycles.